The van der Waals surface area contributed by atoms with Crippen LogP contribution < -0.4 is 0 Å². The number of amides is 1. The molecule has 1 amide bonds. The summed E-state index contributed by atoms with van der Waals surface area (Å²) in [6.45, 7) is 4.69. The van der Waals surface area contributed by atoms with Crippen LogP contribution in [-0.4, -0.2) is 67.8 Å². The SMILES string of the molecule is Cn1ccnc1CCN1CCCN(C(=O)CCc2ccnn2C)CC1. The van der Waals surface area contributed by atoms with Gasteiger partial charge in [-0.2, -0.15) is 5.10 Å². The Morgan fingerprint density at radius 3 is 2.72 bits per heavy atom. The Bertz CT molecular complexity index is 691. The molecular formula is C18H28N6O. The third-order valence-corrected chi connectivity index (χ3v) is 5.03. The highest BCUT2D eigenvalue weighted by Crippen LogP contribution is 2.09. The van der Waals surface area contributed by atoms with Gasteiger partial charge in [0.1, 0.15) is 5.82 Å². The second kappa shape index (κ2) is 8.29. The van der Waals surface area contributed by atoms with E-state index in [0.717, 1.165) is 63.5 Å². The fourth-order valence-corrected chi connectivity index (χ4v) is 3.38. The fourth-order valence-electron chi connectivity index (χ4n) is 3.38. The van der Waals surface area contributed by atoms with E-state index < -0.39 is 0 Å². The van der Waals surface area contributed by atoms with Gasteiger partial charge < -0.3 is 14.4 Å². The highest BCUT2D eigenvalue weighted by molar-refractivity contribution is 5.76. The van der Waals surface area contributed by atoms with Crippen LogP contribution in [0.4, 0.5) is 0 Å². The molecule has 3 heterocycles. The molecule has 3 rings (SSSR count). The van der Waals surface area contributed by atoms with Crippen molar-refractivity contribution in [3.63, 3.8) is 0 Å². The molecule has 0 bridgehead atoms. The normalized spacial score (nSPS) is 16.2. The molecular weight excluding hydrogens is 316 g/mol. The molecule has 2 aromatic rings. The van der Waals surface area contributed by atoms with Crippen molar-refractivity contribution in [2.24, 2.45) is 14.1 Å². The van der Waals surface area contributed by atoms with E-state index in [0.29, 0.717) is 6.42 Å². The minimum Gasteiger partial charge on any atom is -0.341 e. The Morgan fingerprint density at radius 1 is 1.12 bits per heavy atom. The minimum atomic E-state index is 0.257. The predicted molar refractivity (Wildman–Crippen MR) is 96.1 cm³/mol. The van der Waals surface area contributed by atoms with E-state index in [1.54, 1.807) is 6.20 Å². The number of nitrogens with zero attached hydrogens (tertiary/aromatic N) is 6. The van der Waals surface area contributed by atoms with Gasteiger partial charge in [0.2, 0.25) is 5.91 Å². The van der Waals surface area contributed by atoms with Crippen LogP contribution in [0.2, 0.25) is 0 Å². The van der Waals surface area contributed by atoms with Crippen molar-refractivity contribution in [2.45, 2.75) is 25.7 Å². The van der Waals surface area contributed by atoms with Crippen LogP contribution in [0.5, 0.6) is 0 Å². The molecule has 0 saturated carbocycles. The topological polar surface area (TPSA) is 59.2 Å². The van der Waals surface area contributed by atoms with Crippen molar-refractivity contribution in [3.05, 3.63) is 36.2 Å². The van der Waals surface area contributed by atoms with Crippen molar-refractivity contribution in [1.29, 1.82) is 0 Å². The summed E-state index contributed by atoms with van der Waals surface area (Å²) in [5.74, 6) is 1.38. The number of aromatic nitrogens is 4. The zero-order valence-corrected chi connectivity index (χ0v) is 15.3. The molecule has 1 fully saturated rings. The van der Waals surface area contributed by atoms with E-state index in [9.17, 15) is 4.79 Å². The molecule has 1 aliphatic rings. The van der Waals surface area contributed by atoms with E-state index in [-0.39, 0.29) is 5.91 Å². The first-order valence-corrected chi connectivity index (χ1v) is 9.06. The summed E-state index contributed by atoms with van der Waals surface area (Å²) in [6, 6.07) is 1.98. The van der Waals surface area contributed by atoms with Crippen molar-refractivity contribution in [3.8, 4) is 0 Å². The van der Waals surface area contributed by atoms with E-state index in [4.69, 9.17) is 0 Å². The van der Waals surface area contributed by atoms with Gasteiger partial charge in [0.05, 0.1) is 0 Å². The van der Waals surface area contributed by atoms with E-state index >= 15 is 0 Å². The lowest BCUT2D eigenvalue weighted by Gasteiger charge is -2.22. The van der Waals surface area contributed by atoms with E-state index in [1.807, 2.05) is 42.1 Å². The second-order valence-electron chi connectivity index (χ2n) is 6.73. The van der Waals surface area contributed by atoms with Gasteiger partial charge >= 0.3 is 0 Å². The van der Waals surface area contributed by atoms with Crippen molar-refractivity contribution in [2.75, 3.05) is 32.7 Å². The lowest BCUT2D eigenvalue weighted by molar-refractivity contribution is -0.131. The second-order valence-corrected chi connectivity index (χ2v) is 6.73. The summed E-state index contributed by atoms with van der Waals surface area (Å²) >= 11 is 0. The maximum atomic E-state index is 12.5. The van der Waals surface area contributed by atoms with E-state index in [2.05, 4.69) is 19.5 Å². The molecule has 7 heteroatoms. The van der Waals surface area contributed by atoms with Gasteiger partial charge in [-0.15, -0.1) is 0 Å². The molecule has 1 saturated heterocycles. The molecule has 0 radical (unpaired) electrons. The van der Waals surface area contributed by atoms with Gasteiger partial charge in [0, 0.05) is 77.4 Å². The Hall–Kier alpha value is -2.15. The zero-order valence-electron chi connectivity index (χ0n) is 15.3. The summed E-state index contributed by atoms with van der Waals surface area (Å²) in [5, 5.41) is 4.16. The van der Waals surface area contributed by atoms with Crippen LogP contribution in [0.1, 0.15) is 24.4 Å². The van der Waals surface area contributed by atoms with Crippen molar-refractivity contribution in [1.82, 2.24) is 29.1 Å². The fraction of sp³-hybridized carbons (Fsp3) is 0.611. The largest absolute Gasteiger partial charge is 0.341 e. The molecule has 25 heavy (non-hydrogen) atoms. The van der Waals surface area contributed by atoms with Gasteiger partial charge in [0.25, 0.3) is 0 Å². The van der Waals surface area contributed by atoms with E-state index in [1.165, 1.54) is 0 Å². The molecule has 136 valence electrons. The number of rotatable bonds is 6. The quantitative estimate of drug-likeness (QED) is 0.780. The predicted octanol–water partition coefficient (Wildman–Crippen LogP) is 0.863. The maximum absolute atomic E-state index is 12.5. The average molecular weight is 344 g/mol. The highest BCUT2D eigenvalue weighted by Gasteiger charge is 2.19. The molecule has 0 unspecified atom stereocenters. The molecule has 7 nitrogen and oxygen atoms in total. The van der Waals surface area contributed by atoms with Crippen LogP contribution in [0.15, 0.2) is 24.7 Å². The number of hydrogen-bond acceptors (Lipinski definition) is 4. The zero-order chi connectivity index (χ0) is 17.6. The third-order valence-electron chi connectivity index (χ3n) is 5.03. The van der Waals surface area contributed by atoms with Gasteiger partial charge in [-0.05, 0) is 25.5 Å². The molecule has 0 aromatic carbocycles. The molecule has 1 aliphatic heterocycles. The molecule has 2 aromatic heterocycles. The number of aryl methyl sites for hydroxylation is 3. The summed E-state index contributed by atoms with van der Waals surface area (Å²) in [6.07, 6.45) is 8.93. The Morgan fingerprint density at radius 2 is 2.00 bits per heavy atom. The highest BCUT2D eigenvalue weighted by atomic mass is 16.2. The number of hydrogen-bond donors (Lipinski definition) is 0. The van der Waals surface area contributed by atoms with Crippen molar-refractivity contribution < 1.29 is 4.79 Å². The Labute approximate surface area is 149 Å². The molecule has 0 aliphatic carbocycles. The number of carbonyl (C=O) groups is 1. The first kappa shape index (κ1) is 17.7. The Balaban J connectivity index is 1.43. The summed E-state index contributed by atoms with van der Waals surface area (Å²) in [7, 11) is 3.96. The summed E-state index contributed by atoms with van der Waals surface area (Å²) < 4.78 is 3.92. The van der Waals surface area contributed by atoms with Crippen molar-refractivity contribution >= 4 is 5.91 Å². The van der Waals surface area contributed by atoms with Gasteiger partial charge in [-0.25, -0.2) is 4.98 Å². The number of carbonyl (C=O) groups excluding carboxylic acids is 1. The van der Waals surface area contributed by atoms with Crippen LogP contribution in [-0.2, 0) is 31.7 Å². The van der Waals surface area contributed by atoms with Crippen LogP contribution >= 0.6 is 0 Å². The van der Waals surface area contributed by atoms with Crippen LogP contribution in [0, 0.1) is 0 Å². The smallest absolute Gasteiger partial charge is 0.223 e. The first-order valence-electron chi connectivity index (χ1n) is 9.06. The lowest BCUT2D eigenvalue weighted by atomic mass is 10.2. The maximum Gasteiger partial charge on any atom is 0.223 e. The minimum absolute atomic E-state index is 0.257. The van der Waals surface area contributed by atoms with Gasteiger partial charge in [-0.1, -0.05) is 0 Å². The van der Waals surface area contributed by atoms with Crippen LogP contribution in [0.3, 0.4) is 0 Å². The average Bonchev–Trinajstić information content (AvgIpc) is 3.12. The summed E-state index contributed by atoms with van der Waals surface area (Å²) in [4.78, 5) is 21.4. The molecule has 0 spiro atoms. The first-order chi connectivity index (χ1) is 12.1. The third kappa shape index (κ3) is 4.69. The van der Waals surface area contributed by atoms with Gasteiger partial charge in [-0.3, -0.25) is 9.48 Å². The lowest BCUT2D eigenvalue weighted by Crippen LogP contribution is -2.36. The standard InChI is InChI=1S/C18H28N6O/c1-21-13-9-19-17(21)7-12-23-10-3-11-24(15-14-23)18(25)5-4-16-6-8-20-22(16)2/h6,8-9,13H,3-5,7,10-12,14-15H2,1-2H3. The monoisotopic (exact) mass is 344 g/mol. The molecule has 0 atom stereocenters. The van der Waals surface area contributed by atoms with Crippen LogP contribution in [0.25, 0.3) is 0 Å². The number of imidazole rings is 1. The summed E-state index contributed by atoms with van der Waals surface area (Å²) in [5.41, 5.74) is 1.11. The molecule has 0 N–H and O–H groups in total. The Kier molecular flexibility index (Phi) is 5.86. The van der Waals surface area contributed by atoms with Gasteiger partial charge in [0.15, 0.2) is 0 Å².